The predicted octanol–water partition coefficient (Wildman–Crippen LogP) is 1.10. The SMILES string of the molecule is CNC(=S)c1ccc2c(c1)CC(=O)N2C. The van der Waals surface area contributed by atoms with Gasteiger partial charge in [-0.05, 0) is 23.8 Å². The largest absolute Gasteiger partial charge is 0.379 e. The van der Waals surface area contributed by atoms with Crippen molar-refractivity contribution >= 4 is 28.8 Å². The van der Waals surface area contributed by atoms with Crippen molar-refractivity contribution < 1.29 is 4.79 Å². The lowest BCUT2D eigenvalue weighted by Gasteiger charge is -2.10. The maximum absolute atomic E-state index is 11.5. The summed E-state index contributed by atoms with van der Waals surface area (Å²) in [6, 6.07) is 5.86. The van der Waals surface area contributed by atoms with E-state index in [1.54, 1.807) is 19.0 Å². The molecule has 1 aromatic carbocycles. The van der Waals surface area contributed by atoms with Gasteiger partial charge in [-0.25, -0.2) is 0 Å². The zero-order valence-corrected chi connectivity index (χ0v) is 9.52. The van der Waals surface area contributed by atoms with Gasteiger partial charge in [0.05, 0.1) is 6.42 Å². The molecule has 0 spiro atoms. The number of anilines is 1. The molecule has 0 aromatic heterocycles. The minimum atomic E-state index is 0.137. The smallest absolute Gasteiger partial charge is 0.231 e. The summed E-state index contributed by atoms with van der Waals surface area (Å²) in [4.78, 5) is 13.8. The van der Waals surface area contributed by atoms with Crippen molar-refractivity contribution in [2.24, 2.45) is 0 Å². The van der Waals surface area contributed by atoms with Crippen LogP contribution in [0.5, 0.6) is 0 Å². The van der Waals surface area contributed by atoms with E-state index in [9.17, 15) is 4.79 Å². The van der Waals surface area contributed by atoms with E-state index in [-0.39, 0.29) is 5.91 Å². The van der Waals surface area contributed by atoms with Gasteiger partial charge in [-0.1, -0.05) is 12.2 Å². The van der Waals surface area contributed by atoms with E-state index in [4.69, 9.17) is 12.2 Å². The number of thiocarbonyl (C=S) groups is 1. The number of carbonyl (C=O) groups excluding carboxylic acids is 1. The van der Waals surface area contributed by atoms with Gasteiger partial charge in [0.25, 0.3) is 0 Å². The van der Waals surface area contributed by atoms with Gasteiger partial charge < -0.3 is 10.2 Å². The fraction of sp³-hybridized carbons (Fsp3) is 0.273. The highest BCUT2D eigenvalue weighted by Gasteiger charge is 2.23. The third kappa shape index (κ3) is 1.61. The Morgan fingerprint density at radius 2 is 2.27 bits per heavy atom. The molecule has 2 rings (SSSR count). The van der Waals surface area contributed by atoms with Crippen LogP contribution in [0.25, 0.3) is 0 Å². The fourth-order valence-electron chi connectivity index (χ4n) is 1.76. The maximum Gasteiger partial charge on any atom is 0.231 e. The average Bonchev–Trinajstić information content (AvgIpc) is 2.53. The number of likely N-dealkylation sites (N-methyl/N-ethyl adjacent to an activating group) is 1. The van der Waals surface area contributed by atoms with E-state index in [0.29, 0.717) is 11.4 Å². The zero-order valence-electron chi connectivity index (χ0n) is 8.70. The van der Waals surface area contributed by atoms with E-state index >= 15 is 0 Å². The molecule has 0 radical (unpaired) electrons. The number of rotatable bonds is 1. The van der Waals surface area contributed by atoms with Gasteiger partial charge in [0, 0.05) is 25.3 Å². The first kappa shape index (κ1) is 10.1. The molecular weight excluding hydrogens is 208 g/mol. The number of nitrogens with zero attached hydrogens (tertiary/aromatic N) is 1. The number of carbonyl (C=O) groups is 1. The molecule has 0 saturated carbocycles. The van der Waals surface area contributed by atoms with Crippen LogP contribution in [0.1, 0.15) is 11.1 Å². The molecule has 4 heteroatoms. The monoisotopic (exact) mass is 220 g/mol. The van der Waals surface area contributed by atoms with Crippen LogP contribution in [-0.2, 0) is 11.2 Å². The van der Waals surface area contributed by atoms with E-state index < -0.39 is 0 Å². The molecule has 1 heterocycles. The first-order valence-corrected chi connectivity index (χ1v) is 5.16. The summed E-state index contributed by atoms with van der Waals surface area (Å²) in [5.41, 5.74) is 3.01. The van der Waals surface area contributed by atoms with Crippen molar-refractivity contribution in [3.05, 3.63) is 29.3 Å². The summed E-state index contributed by atoms with van der Waals surface area (Å²) < 4.78 is 0. The van der Waals surface area contributed by atoms with Crippen LogP contribution >= 0.6 is 12.2 Å². The fourth-order valence-corrected chi connectivity index (χ4v) is 1.88. The summed E-state index contributed by atoms with van der Waals surface area (Å²) in [5, 5.41) is 2.93. The van der Waals surface area contributed by atoms with Crippen LogP contribution in [0.4, 0.5) is 5.69 Å². The van der Waals surface area contributed by atoms with E-state index in [0.717, 1.165) is 16.8 Å². The van der Waals surface area contributed by atoms with Crippen molar-refractivity contribution in [1.29, 1.82) is 0 Å². The molecule has 0 atom stereocenters. The Balaban J connectivity index is 2.42. The molecule has 3 nitrogen and oxygen atoms in total. The van der Waals surface area contributed by atoms with Gasteiger partial charge in [0.1, 0.15) is 4.99 Å². The lowest BCUT2D eigenvalue weighted by atomic mass is 10.1. The number of hydrogen-bond donors (Lipinski definition) is 1. The van der Waals surface area contributed by atoms with Crippen LogP contribution in [0.15, 0.2) is 18.2 Å². The summed E-state index contributed by atoms with van der Waals surface area (Å²) >= 11 is 5.14. The Hall–Kier alpha value is -1.42. The molecule has 1 N–H and O–H groups in total. The van der Waals surface area contributed by atoms with Crippen molar-refractivity contribution in [2.45, 2.75) is 6.42 Å². The summed E-state index contributed by atoms with van der Waals surface area (Å²) in [7, 11) is 3.59. The number of benzene rings is 1. The predicted molar refractivity (Wildman–Crippen MR) is 64.3 cm³/mol. The molecule has 78 valence electrons. The molecule has 0 aliphatic carbocycles. The normalized spacial score (nSPS) is 14.0. The Labute approximate surface area is 94.1 Å². The van der Waals surface area contributed by atoms with Crippen LogP contribution in [0.2, 0.25) is 0 Å². The molecule has 0 saturated heterocycles. The summed E-state index contributed by atoms with van der Waals surface area (Å²) in [6.45, 7) is 0. The minimum Gasteiger partial charge on any atom is -0.379 e. The molecule has 1 aliphatic rings. The summed E-state index contributed by atoms with van der Waals surface area (Å²) in [5.74, 6) is 0.137. The van der Waals surface area contributed by atoms with Crippen molar-refractivity contribution in [1.82, 2.24) is 5.32 Å². The highest BCUT2D eigenvalue weighted by atomic mass is 32.1. The second-order valence-electron chi connectivity index (χ2n) is 3.55. The first-order chi connectivity index (χ1) is 7.13. The number of amides is 1. The molecule has 1 aliphatic heterocycles. The average molecular weight is 220 g/mol. The molecular formula is C11H12N2OS. The molecule has 1 aromatic rings. The van der Waals surface area contributed by atoms with Crippen LogP contribution in [-0.4, -0.2) is 25.0 Å². The van der Waals surface area contributed by atoms with Crippen LogP contribution in [0, 0.1) is 0 Å². The molecule has 0 bridgehead atoms. The Kier molecular flexibility index (Phi) is 2.44. The Morgan fingerprint density at radius 3 is 2.93 bits per heavy atom. The molecule has 0 unspecified atom stereocenters. The van der Waals surface area contributed by atoms with Gasteiger partial charge in [-0.2, -0.15) is 0 Å². The van der Waals surface area contributed by atoms with Gasteiger partial charge in [-0.15, -0.1) is 0 Å². The number of fused-ring (bicyclic) bond motifs is 1. The lowest BCUT2D eigenvalue weighted by Crippen LogP contribution is -2.20. The van der Waals surface area contributed by atoms with Gasteiger partial charge in [0.15, 0.2) is 0 Å². The van der Waals surface area contributed by atoms with Gasteiger partial charge in [0.2, 0.25) is 5.91 Å². The second kappa shape index (κ2) is 3.62. The van der Waals surface area contributed by atoms with Crippen LogP contribution < -0.4 is 10.2 Å². The molecule has 15 heavy (non-hydrogen) atoms. The van der Waals surface area contributed by atoms with Gasteiger partial charge in [-0.3, -0.25) is 4.79 Å². The van der Waals surface area contributed by atoms with Crippen molar-refractivity contribution in [2.75, 3.05) is 19.0 Å². The lowest BCUT2D eigenvalue weighted by molar-refractivity contribution is -0.117. The van der Waals surface area contributed by atoms with E-state index in [1.165, 1.54) is 0 Å². The van der Waals surface area contributed by atoms with E-state index in [2.05, 4.69) is 5.32 Å². The Bertz CT molecular complexity index is 442. The third-order valence-electron chi connectivity index (χ3n) is 2.65. The first-order valence-electron chi connectivity index (χ1n) is 4.75. The number of nitrogens with one attached hydrogen (secondary N) is 1. The summed E-state index contributed by atoms with van der Waals surface area (Å²) in [6.07, 6.45) is 0.478. The number of hydrogen-bond acceptors (Lipinski definition) is 2. The van der Waals surface area contributed by atoms with Gasteiger partial charge >= 0.3 is 0 Å². The van der Waals surface area contributed by atoms with E-state index in [1.807, 2.05) is 18.2 Å². The highest BCUT2D eigenvalue weighted by Crippen LogP contribution is 2.28. The molecule has 1 amide bonds. The van der Waals surface area contributed by atoms with Crippen molar-refractivity contribution in [3.8, 4) is 0 Å². The van der Waals surface area contributed by atoms with Crippen molar-refractivity contribution in [3.63, 3.8) is 0 Å². The Morgan fingerprint density at radius 1 is 1.53 bits per heavy atom. The topological polar surface area (TPSA) is 32.3 Å². The maximum atomic E-state index is 11.5. The minimum absolute atomic E-state index is 0.137. The second-order valence-corrected chi connectivity index (χ2v) is 3.96. The highest BCUT2D eigenvalue weighted by molar-refractivity contribution is 7.80. The van der Waals surface area contributed by atoms with Crippen LogP contribution in [0.3, 0.4) is 0 Å². The standard InChI is InChI=1S/C11H12N2OS/c1-12-11(15)7-3-4-9-8(5-7)6-10(14)13(9)2/h3-5H,6H2,1-2H3,(H,12,15). The third-order valence-corrected chi connectivity index (χ3v) is 3.09. The molecule has 0 fully saturated rings. The quantitative estimate of drug-likeness (QED) is 0.719. The zero-order chi connectivity index (χ0) is 11.0.